The molecule has 3 aromatic carbocycles. The van der Waals surface area contributed by atoms with Crippen molar-refractivity contribution in [2.45, 2.75) is 83.3 Å². The van der Waals surface area contributed by atoms with Crippen LogP contribution in [-0.4, -0.2) is 57.8 Å². The molecular formula is C39H52O8. The zero-order chi connectivity index (χ0) is 33.0. The highest BCUT2D eigenvalue weighted by molar-refractivity contribution is 5.76. The average molecular weight is 649 g/mol. The fraction of sp³-hybridized carbons (Fsp3) is 0.513. The average Bonchev–Trinajstić information content (AvgIpc) is 3.10. The van der Waals surface area contributed by atoms with Crippen molar-refractivity contribution in [1.82, 2.24) is 0 Å². The molecule has 0 saturated heterocycles. The number of unbranched alkanes of at least 4 members (excludes halogenated alkanes) is 7. The normalized spacial score (nSPS) is 15.8. The van der Waals surface area contributed by atoms with Crippen molar-refractivity contribution in [2.75, 3.05) is 46.2 Å². The molecule has 0 aromatic heterocycles. The summed E-state index contributed by atoms with van der Waals surface area (Å²) in [5, 5.41) is 0. The molecule has 0 radical (unpaired) electrons. The molecule has 256 valence electrons. The molecule has 0 aliphatic carbocycles. The summed E-state index contributed by atoms with van der Waals surface area (Å²) >= 11 is 0. The number of hydrogen-bond donors (Lipinski definition) is 0. The van der Waals surface area contributed by atoms with Crippen LogP contribution >= 0.6 is 0 Å². The van der Waals surface area contributed by atoms with Crippen LogP contribution in [0.15, 0.2) is 78.9 Å². The summed E-state index contributed by atoms with van der Waals surface area (Å²) in [6.45, 7) is 6.03. The van der Waals surface area contributed by atoms with E-state index >= 15 is 0 Å². The number of para-hydroxylation sites is 4. The Labute approximate surface area is 280 Å². The molecule has 0 saturated carbocycles. The van der Waals surface area contributed by atoms with E-state index in [9.17, 15) is 4.79 Å². The summed E-state index contributed by atoms with van der Waals surface area (Å²) in [7, 11) is 0. The first kappa shape index (κ1) is 36.1. The van der Waals surface area contributed by atoms with E-state index in [1.807, 2.05) is 78.9 Å². The molecule has 8 nitrogen and oxygen atoms in total. The number of hydrogen-bond acceptors (Lipinski definition) is 8. The van der Waals surface area contributed by atoms with Crippen LogP contribution in [0, 0.1) is 0 Å². The van der Waals surface area contributed by atoms with Gasteiger partial charge in [-0.3, -0.25) is 0 Å². The van der Waals surface area contributed by atoms with Gasteiger partial charge in [0.05, 0.1) is 19.8 Å². The molecule has 1 atom stereocenters. The second-order valence-corrected chi connectivity index (χ2v) is 11.8. The quantitative estimate of drug-likeness (QED) is 0.127. The minimum absolute atomic E-state index is 0.117. The van der Waals surface area contributed by atoms with Gasteiger partial charge in [0.1, 0.15) is 32.0 Å². The van der Waals surface area contributed by atoms with E-state index in [0.717, 1.165) is 19.3 Å². The van der Waals surface area contributed by atoms with Crippen LogP contribution in [0.2, 0.25) is 0 Å². The number of carbonyl (C=O) groups excluding carboxylic acids is 1. The molecule has 1 aliphatic rings. The Bertz CT molecular complexity index is 1240. The van der Waals surface area contributed by atoms with Crippen LogP contribution in [0.3, 0.4) is 0 Å². The van der Waals surface area contributed by atoms with Crippen LogP contribution in [0.4, 0.5) is 0 Å². The van der Waals surface area contributed by atoms with Crippen molar-refractivity contribution in [1.29, 1.82) is 0 Å². The van der Waals surface area contributed by atoms with Gasteiger partial charge in [0.25, 0.3) is 0 Å². The molecule has 47 heavy (non-hydrogen) atoms. The van der Waals surface area contributed by atoms with E-state index in [0.29, 0.717) is 61.4 Å². The lowest BCUT2D eigenvalue weighted by Gasteiger charge is -2.36. The Morgan fingerprint density at radius 3 is 1.66 bits per heavy atom. The van der Waals surface area contributed by atoms with Gasteiger partial charge in [0.15, 0.2) is 29.1 Å². The lowest BCUT2D eigenvalue weighted by Crippen LogP contribution is -2.47. The first-order chi connectivity index (χ1) is 23.1. The highest BCUT2D eigenvalue weighted by Gasteiger charge is 2.40. The molecule has 3 aromatic rings. The summed E-state index contributed by atoms with van der Waals surface area (Å²) < 4.78 is 43.4. The Kier molecular flexibility index (Phi) is 15.7. The summed E-state index contributed by atoms with van der Waals surface area (Å²) in [4.78, 5) is 13.5. The lowest BCUT2D eigenvalue weighted by atomic mass is 9.95. The zero-order valence-electron chi connectivity index (χ0n) is 28.2. The van der Waals surface area contributed by atoms with Crippen LogP contribution in [-0.2, 0) is 19.0 Å². The third-order valence-electron chi connectivity index (χ3n) is 8.11. The molecule has 0 amide bonds. The second-order valence-electron chi connectivity index (χ2n) is 11.8. The van der Waals surface area contributed by atoms with Gasteiger partial charge in [-0.1, -0.05) is 113 Å². The largest absolute Gasteiger partial charge is 0.487 e. The van der Waals surface area contributed by atoms with E-state index in [2.05, 4.69) is 6.92 Å². The number of carbonyl (C=O) groups is 1. The Morgan fingerprint density at radius 2 is 1.13 bits per heavy atom. The number of rotatable bonds is 14. The molecule has 4 rings (SSSR count). The Balaban J connectivity index is 1.67. The molecule has 1 unspecified atom stereocenters. The fourth-order valence-corrected chi connectivity index (χ4v) is 5.56. The SMILES string of the molecule is CCCCCCCCCCC1(OC(C(=O)OCC)c2ccccc2)COc2ccccc2OCCOCCOc2ccccc2OC1. The van der Waals surface area contributed by atoms with Crippen molar-refractivity contribution < 1.29 is 38.0 Å². The van der Waals surface area contributed by atoms with Crippen molar-refractivity contribution in [2.24, 2.45) is 0 Å². The predicted molar refractivity (Wildman–Crippen MR) is 183 cm³/mol. The smallest absolute Gasteiger partial charge is 0.339 e. The van der Waals surface area contributed by atoms with Gasteiger partial charge in [0.2, 0.25) is 0 Å². The molecule has 1 aliphatic heterocycles. The number of ether oxygens (including phenoxy) is 7. The lowest BCUT2D eigenvalue weighted by molar-refractivity contribution is -0.182. The third kappa shape index (κ3) is 12.1. The second kappa shape index (κ2) is 20.5. The molecular weight excluding hydrogens is 596 g/mol. The minimum atomic E-state index is -1.03. The van der Waals surface area contributed by atoms with Gasteiger partial charge in [-0.15, -0.1) is 0 Å². The van der Waals surface area contributed by atoms with Crippen molar-refractivity contribution in [3.8, 4) is 23.0 Å². The summed E-state index contributed by atoms with van der Waals surface area (Å²) in [6, 6.07) is 24.6. The molecule has 0 fully saturated rings. The van der Waals surface area contributed by atoms with Crippen LogP contribution < -0.4 is 18.9 Å². The minimum Gasteiger partial charge on any atom is -0.487 e. The van der Waals surface area contributed by atoms with Crippen LogP contribution in [0.25, 0.3) is 0 Å². The highest BCUT2D eigenvalue weighted by atomic mass is 16.6. The summed E-state index contributed by atoms with van der Waals surface area (Å²) in [5.74, 6) is 1.93. The van der Waals surface area contributed by atoms with Gasteiger partial charge in [-0.2, -0.15) is 0 Å². The van der Waals surface area contributed by atoms with E-state index in [-0.39, 0.29) is 19.8 Å². The van der Waals surface area contributed by atoms with E-state index in [4.69, 9.17) is 33.2 Å². The van der Waals surface area contributed by atoms with Gasteiger partial charge in [0, 0.05) is 0 Å². The van der Waals surface area contributed by atoms with E-state index in [1.54, 1.807) is 6.92 Å². The Hall–Kier alpha value is -3.75. The number of fused-ring (bicyclic) bond motifs is 2. The van der Waals surface area contributed by atoms with Crippen molar-refractivity contribution in [3.05, 3.63) is 84.4 Å². The van der Waals surface area contributed by atoms with Crippen LogP contribution in [0.1, 0.15) is 83.3 Å². The first-order valence-corrected chi connectivity index (χ1v) is 17.3. The van der Waals surface area contributed by atoms with Crippen LogP contribution in [0.5, 0.6) is 23.0 Å². The van der Waals surface area contributed by atoms with Gasteiger partial charge >= 0.3 is 5.97 Å². The molecule has 0 N–H and O–H groups in total. The van der Waals surface area contributed by atoms with Gasteiger partial charge < -0.3 is 33.2 Å². The molecule has 0 bridgehead atoms. The molecule has 0 spiro atoms. The summed E-state index contributed by atoms with van der Waals surface area (Å²) in [5.41, 5.74) is -0.323. The third-order valence-corrected chi connectivity index (χ3v) is 8.11. The maximum absolute atomic E-state index is 13.5. The number of esters is 1. The van der Waals surface area contributed by atoms with Crippen molar-refractivity contribution in [3.63, 3.8) is 0 Å². The maximum Gasteiger partial charge on any atom is 0.339 e. The monoisotopic (exact) mass is 648 g/mol. The van der Waals surface area contributed by atoms with Crippen molar-refractivity contribution >= 4 is 5.97 Å². The topological polar surface area (TPSA) is 81.7 Å². The Morgan fingerprint density at radius 1 is 0.638 bits per heavy atom. The number of benzene rings is 3. The summed E-state index contributed by atoms with van der Waals surface area (Å²) in [6.07, 6.45) is 8.92. The van der Waals surface area contributed by atoms with E-state index in [1.165, 1.54) is 32.1 Å². The zero-order valence-corrected chi connectivity index (χ0v) is 28.2. The standard InChI is InChI=1S/C39H52O8/c1-3-5-6-7-8-9-10-18-25-39(47-37(38(40)42-4-2)32-19-12-11-13-20-32)30-45-35-23-16-14-21-33(35)43-28-26-41-27-29-44-34-22-15-17-24-36(34)46-31-39/h11-17,19-24,37H,3-10,18,25-31H2,1-2H3. The maximum atomic E-state index is 13.5. The molecule has 1 heterocycles. The predicted octanol–water partition coefficient (Wildman–Crippen LogP) is 8.52. The fourth-order valence-electron chi connectivity index (χ4n) is 5.56. The van der Waals surface area contributed by atoms with E-state index < -0.39 is 17.7 Å². The first-order valence-electron chi connectivity index (χ1n) is 17.3. The molecule has 8 heteroatoms. The van der Waals surface area contributed by atoms with Gasteiger partial charge in [-0.25, -0.2) is 4.79 Å². The highest BCUT2D eigenvalue weighted by Crippen LogP contribution is 2.35. The van der Waals surface area contributed by atoms with Gasteiger partial charge in [-0.05, 0) is 43.2 Å².